The SMILES string of the molecule is CC(=O)N1CCC[C@H]1C(=O)Nc1ccc(-c2nc(-c3ccc(NC(=O)[C@@H]4C=CCN4C(=O)Cc4cccs4)cc3)cs2)cc1. The van der Waals surface area contributed by atoms with Crippen molar-refractivity contribution in [3.05, 3.63) is 88.5 Å². The molecule has 4 aromatic rings. The van der Waals surface area contributed by atoms with Crippen LogP contribution in [0.3, 0.4) is 0 Å². The highest BCUT2D eigenvalue weighted by Gasteiger charge is 2.32. The van der Waals surface area contributed by atoms with E-state index in [1.807, 2.05) is 77.5 Å². The summed E-state index contributed by atoms with van der Waals surface area (Å²) in [5, 5.41) is 10.6. The van der Waals surface area contributed by atoms with Gasteiger partial charge in [0.2, 0.25) is 17.7 Å². The van der Waals surface area contributed by atoms with Gasteiger partial charge in [0.15, 0.2) is 0 Å². The van der Waals surface area contributed by atoms with E-state index >= 15 is 0 Å². The second-order valence-electron chi connectivity index (χ2n) is 10.7. The van der Waals surface area contributed by atoms with E-state index in [0.717, 1.165) is 33.1 Å². The number of rotatable bonds is 8. The van der Waals surface area contributed by atoms with Crippen molar-refractivity contribution >= 4 is 57.7 Å². The summed E-state index contributed by atoms with van der Waals surface area (Å²) in [4.78, 5) is 59.4. The van der Waals surface area contributed by atoms with Crippen LogP contribution in [0.15, 0.2) is 83.6 Å². The zero-order valence-electron chi connectivity index (χ0n) is 24.1. The Labute approximate surface area is 263 Å². The lowest BCUT2D eigenvalue weighted by atomic mass is 10.1. The van der Waals surface area contributed by atoms with Crippen molar-refractivity contribution in [1.29, 1.82) is 0 Å². The van der Waals surface area contributed by atoms with Crippen molar-refractivity contribution in [3.63, 3.8) is 0 Å². The van der Waals surface area contributed by atoms with Gasteiger partial charge in [-0.25, -0.2) is 4.98 Å². The third-order valence-corrected chi connectivity index (χ3v) is 9.53. The molecule has 0 spiro atoms. The van der Waals surface area contributed by atoms with E-state index in [1.165, 1.54) is 29.6 Å². The summed E-state index contributed by atoms with van der Waals surface area (Å²) in [7, 11) is 0. The smallest absolute Gasteiger partial charge is 0.251 e. The number of nitrogens with one attached hydrogen (secondary N) is 2. The minimum absolute atomic E-state index is 0.0724. The molecule has 1 fully saturated rings. The first kappa shape index (κ1) is 29.5. The average molecular weight is 626 g/mol. The lowest BCUT2D eigenvalue weighted by Gasteiger charge is -2.23. The molecule has 4 amide bonds. The van der Waals surface area contributed by atoms with Crippen LogP contribution in [-0.2, 0) is 25.6 Å². The summed E-state index contributed by atoms with van der Waals surface area (Å²) in [6.07, 6.45) is 5.41. The Morgan fingerprint density at radius 3 is 2.27 bits per heavy atom. The molecule has 2 aliphatic rings. The van der Waals surface area contributed by atoms with E-state index < -0.39 is 12.1 Å². The zero-order valence-corrected chi connectivity index (χ0v) is 25.7. The maximum Gasteiger partial charge on any atom is 0.251 e. The van der Waals surface area contributed by atoms with Gasteiger partial charge in [-0.05, 0) is 60.7 Å². The Morgan fingerprint density at radius 2 is 1.59 bits per heavy atom. The second-order valence-corrected chi connectivity index (χ2v) is 12.6. The molecule has 44 heavy (non-hydrogen) atoms. The fourth-order valence-corrected chi connectivity index (χ4v) is 7.02. The van der Waals surface area contributed by atoms with Gasteiger partial charge >= 0.3 is 0 Å². The first-order chi connectivity index (χ1) is 21.4. The van der Waals surface area contributed by atoms with Crippen molar-refractivity contribution in [2.24, 2.45) is 0 Å². The number of carbonyl (C=O) groups excluding carboxylic acids is 4. The quantitative estimate of drug-likeness (QED) is 0.254. The average Bonchev–Trinajstić information content (AvgIpc) is 3.85. The topological polar surface area (TPSA) is 112 Å². The van der Waals surface area contributed by atoms with Crippen LogP contribution < -0.4 is 10.6 Å². The van der Waals surface area contributed by atoms with Crippen LogP contribution >= 0.6 is 22.7 Å². The zero-order chi connectivity index (χ0) is 30.6. The number of benzene rings is 2. The van der Waals surface area contributed by atoms with E-state index in [0.29, 0.717) is 30.9 Å². The standard InChI is InChI=1S/C33H31N5O4S2/c1-21(39)37-16-2-6-28(37)31(41)34-25-14-10-23(11-15-25)33-36-27(20-44-33)22-8-12-24(13-9-22)35-32(42)29-7-3-17-38(29)30(40)19-26-5-4-18-43-26/h3-5,7-15,18,20,28-29H,2,6,16-17,19H2,1H3,(H,34,41)(H,35,42)/t28-,29-/m0/s1. The molecule has 2 N–H and O–H groups in total. The highest BCUT2D eigenvalue weighted by atomic mass is 32.1. The van der Waals surface area contributed by atoms with Gasteiger partial charge in [0, 0.05) is 52.8 Å². The lowest BCUT2D eigenvalue weighted by molar-refractivity contribution is -0.135. The number of nitrogens with zero attached hydrogens (tertiary/aromatic N) is 3. The van der Waals surface area contributed by atoms with E-state index in [1.54, 1.807) is 15.9 Å². The van der Waals surface area contributed by atoms with Gasteiger partial charge in [0.25, 0.3) is 5.91 Å². The number of hydrogen-bond acceptors (Lipinski definition) is 7. The molecular formula is C33H31N5O4S2. The molecule has 4 heterocycles. The maximum absolute atomic E-state index is 13.0. The number of amides is 4. The van der Waals surface area contributed by atoms with Crippen molar-refractivity contribution in [1.82, 2.24) is 14.8 Å². The summed E-state index contributed by atoms with van der Waals surface area (Å²) in [5.74, 6) is -0.567. The van der Waals surface area contributed by atoms with Crippen molar-refractivity contribution < 1.29 is 19.2 Å². The molecule has 1 saturated heterocycles. The van der Waals surface area contributed by atoms with Crippen LogP contribution in [0.5, 0.6) is 0 Å². The second kappa shape index (κ2) is 12.9. The van der Waals surface area contributed by atoms with E-state index in [-0.39, 0.29) is 30.0 Å². The Hall–Kier alpha value is -4.61. The number of likely N-dealkylation sites (tertiary alicyclic amines) is 1. The molecule has 2 aromatic heterocycles. The van der Waals surface area contributed by atoms with Gasteiger partial charge in [-0.1, -0.05) is 30.4 Å². The fourth-order valence-electron chi connectivity index (χ4n) is 5.49. The summed E-state index contributed by atoms with van der Waals surface area (Å²) in [6, 6.07) is 17.8. The molecule has 0 saturated carbocycles. The van der Waals surface area contributed by atoms with Crippen LogP contribution in [0.1, 0.15) is 24.6 Å². The third kappa shape index (κ3) is 6.48. The molecule has 2 aliphatic heterocycles. The molecule has 0 aliphatic carbocycles. The highest BCUT2D eigenvalue weighted by Crippen LogP contribution is 2.31. The summed E-state index contributed by atoms with van der Waals surface area (Å²) >= 11 is 3.05. The number of thiophene rings is 1. The number of thiazole rings is 1. The highest BCUT2D eigenvalue weighted by molar-refractivity contribution is 7.13. The number of hydrogen-bond donors (Lipinski definition) is 2. The molecule has 224 valence electrons. The molecular weight excluding hydrogens is 595 g/mol. The first-order valence-electron chi connectivity index (χ1n) is 14.4. The van der Waals surface area contributed by atoms with Gasteiger partial charge < -0.3 is 20.4 Å². The molecule has 6 rings (SSSR count). The molecule has 0 bridgehead atoms. The van der Waals surface area contributed by atoms with Gasteiger partial charge in [-0.2, -0.15) is 0 Å². The fraction of sp³-hybridized carbons (Fsp3) is 0.242. The third-order valence-electron chi connectivity index (χ3n) is 7.76. The van der Waals surface area contributed by atoms with Gasteiger partial charge in [-0.15, -0.1) is 22.7 Å². The molecule has 2 atom stereocenters. The minimum atomic E-state index is -0.638. The summed E-state index contributed by atoms with van der Waals surface area (Å²) in [5.41, 5.74) is 3.97. The maximum atomic E-state index is 13.0. The number of aromatic nitrogens is 1. The first-order valence-corrected chi connectivity index (χ1v) is 16.2. The lowest BCUT2D eigenvalue weighted by Crippen LogP contribution is -2.44. The van der Waals surface area contributed by atoms with Gasteiger partial charge in [0.05, 0.1) is 12.1 Å². The Balaban J connectivity index is 1.05. The predicted molar refractivity (Wildman–Crippen MR) is 173 cm³/mol. The molecule has 0 radical (unpaired) electrons. The van der Waals surface area contributed by atoms with E-state index in [4.69, 9.17) is 4.98 Å². The van der Waals surface area contributed by atoms with Crippen molar-refractivity contribution in [2.45, 2.75) is 38.3 Å². The van der Waals surface area contributed by atoms with Crippen LogP contribution in [0.2, 0.25) is 0 Å². The normalized spacial score (nSPS) is 17.6. The van der Waals surface area contributed by atoms with Crippen LogP contribution in [0.4, 0.5) is 11.4 Å². The van der Waals surface area contributed by atoms with Gasteiger partial charge in [-0.3, -0.25) is 19.2 Å². The molecule has 11 heteroatoms. The van der Waals surface area contributed by atoms with Crippen LogP contribution in [0.25, 0.3) is 21.8 Å². The predicted octanol–water partition coefficient (Wildman–Crippen LogP) is 5.44. The van der Waals surface area contributed by atoms with E-state index in [9.17, 15) is 19.2 Å². The van der Waals surface area contributed by atoms with Crippen LogP contribution in [0, 0.1) is 0 Å². The summed E-state index contributed by atoms with van der Waals surface area (Å²) < 4.78 is 0. The van der Waals surface area contributed by atoms with Crippen LogP contribution in [-0.4, -0.2) is 63.6 Å². The Kier molecular flexibility index (Phi) is 8.67. The van der Waals surface area contributed by atoms with Gasteiger partial charge in [0.1, 0.15) is 17.1 Å². The largest absolute Gasteiger partial charge is 0.331 e. The summed E-state index contributed by atoms with van der Waals surface area (Å²) in [6.45, 7) is 2.53. The monoisotopic (exact) mass is 625 g/mol. The molecule has 2 aromatic carbocycles. The molecule has 0 unspecified atom stereocenters. The number of anilines is 2. The molecule has 9 nitrogen and oxygen atoms in total. The van der Waals surface area contributed by atoms with E-state index in [2.05, 4.69) is 10.6 Å². The minimum Gasteiger partial charge on any atom is -0.331 e. The number of carbonyl (C=O) groups is 4. The van der Waals surface area contributed by atoms with Crippen molar-refractivity contribution in [2.75, 3.05) is 23.7 Å². The Bertz CT molecular complexity index is 1700. The van der Waals surface area contributed by atoms with Crippen molar-refractivity contribution in [3.8, 4) is 21.8 Å². The Morgan fingerprint density at radius 1 is 0.886 bits per heavy atom.